The predicted molar refractivity (Wildman–Crippen MR) is 146 cm³/mol. The predicted octanol–water partition coefficient (Wildman–Crippen LogP) is 4.92. The summed E-state index contributed by atoms with van der Waals surface area (Å²) in [6.07, 6.45) is 5.00. The lowest BCUT2D eigenvalue weighted by atomic mass is 9.73. The first-order chi connectivity index (χ1) is 18.0. The SMILES string of the molecule is CNC1CCN(C(=O)N2CCCC([C@@](O)(CCCCOC)c3ccccc3Oc3ccccc3C)C2)C1. The zero-order valence-electron chi connectivity index (χ0n) is 22.6. The van der Waals surface area contributed by atoms with Crippen LogP contribution in [0.3, 0.4) is 0 Å². The van der Waals surface area contributed by atoms with Crippen molar-refractivity contribution in [2.45, 2.75) is 57.1 Å². The number of methoxy groups -OCH3 is 1. The molecule has 2 amide bonds. The van der Waals surface area contributed by atoms with Crippen LogP contribution in [-0.4, -0.2) is 73.9 Å². The zero-order chi connectivity index (χ0) is 26.3. The first kappa shape index (κ1) is 27.4. The lowest BCUT2D eigenvalue weighted by molar-refractivity contribution is -0.0586. The number of urea groups is 1. The van der Waals surface area contributed by atoms with Gasteiger partial charge in [-0.05, 0) is 70.2 Å². The Morgan fingerprint density at radius 2 is 1.76 bits per heavy atom. The molecule has 2 saturated heterocycles. The van der Waals surface area contributed by atoms with Crippen LogP contribution in [0.4, 0.5) is 4.79 Å². The van der Waals surface area contributed by atoms with Crippen LogP contribution in [0.15, 0.2) is 48.5 Å². The molecule has 0 aliphatic carbocycles. The van der Waals surface area contributed by atoms with Crippen LogP contribution in [0, 0.1) is 12.8 Å². The number of nitrogens with zero attached hydrogens (tertiary/aromatic N) is 2. The first-order valence-corrected chi connectivity index (χ1v) is 13.7. The van der Waals surface area contributed by atoms with E-state index in [1.807, 2.05) is 72.3 Å². The highest BCUT2D eigenvalue weighted by atomic mass is 16.5. The van der Waals surface area contributed by atoms with Gasteiger partial charge in [0.25, 0.3) is 0 Å². The Kier molecular flexibility index (Phi) is 9.46. The summed E-state index contributed by atoms with van der Waals surface area (Å²) < 4.78 is 11.7. The topological polar surface area (TPSA) is 74.3 Å². The fourth-order valence-corrected chi connectivity index (χ4v) is 5.81. The molecule has 2 heterocycles. The van der Waals surface area contributed by atoms with Crippen molar-refractivity contribution < 1.29 is 19.4 Å². The molecule has 4 rings (SSSR count). The minimum atomic E-state index is -1.12. The third-order valence-electron chi connectivity index (χ3n) is 8.06. The van der Waals surface area contributed by atoms with Gasteiger partial charge in [0.15, 0.2) is 0 Å². The number of carbonyl (C=O) groups is 1. The van der Waals surface area contributed by atoms with E-state index in [1.165, 1.54) is 0 Å². The summed E-state index contributed by atoms with van der Waals surface area (Å²) in [5.74, 6) is 1.37. The molecular weight excluding hydrogens is 466 g/mol. The van der Waals surface area contributed by atoms with E-state index in [9.17, 15) is 9.90 Å². The van der Waals surface area contributed by atoms with E-state index in [4.69, 9.17) is 9.47 Å². The van der Waals surface area contributed by atoms with Crippen LogP contribution in [0.2, 0.25) is 0 Å². The summed E-state index contributed by atoms with van der Waals surface area (Å²) in [5.41, 5.74) is 0.719. The average molecular weight is 510 g/mol. The first-order valence-electron chi connectivity index (χ1n) is 13.7. The van der Waals surface area contributed by atoms with Crippen molar-refractivity contribution in [1.82, 2.24) is 15.1 Å². The van der Waals surface area contributed by atoms with Gasteiger partial charge in [-0.25, -0.2) is 4.79 Å². The largest absolute Gasteiger partial charge is 0.457 e. The molecule has 2 aliphatic rings. The van der Waals surface area contributed by atoms with Crippen LogP contribution in [-0.2, 0) is 10.3 Å². The molecule has 0 radical (unpaired) electrons. The molecule has 2 unspecified atom stereocenters. The maximum atomic E-state index is 13.4. The van der Waals surface area contributed by atoms with Crippen LogP contribution in [0.1, 0.15) is 49.7 Å². The maximum absolute atomic E-state index is 13.4. The molecule has 0 bridgehead atoms. The summed E-state index contributed by atoms with van der Waals surface area (Å²) in [6, 6.07) is 16.2. The highest BCUT2D eigenvalue weighted by Crippen LogP contribution is 2.44. The molecule has 3 atom stereocenters. The number of likely N-dealkylation sites (N-methyl/N-ethyl adjacent to an activating group) is 1. The second kappa shape index (κ2) is 12.8. The van der Waals surface area contributed by atoms with Gasteiger partial charge in [-0.2, -0.15) is 0 Å². The molecular formula is C30H43N3O4. The number of rotatable bonds is 10. The van der Waals surface area contributed by atoms with Gasteiger partial charge in [0.2, 0.25) is 0 Å². The van der Waals surface area contributed by atoms with E-state index >= 15 is 0 Å². The molecule has 202 valence electrons. The Balaban J connectivity index is 1.60. The Bertz CT molecular complexity index is 1030. The molecule has 2 fully saturated rings. The highest BCUT2D eigenvalue weighted by Gasteiger charge is 2.43. The average Bonchev–Trinajstić information content (AvgIpc) is 3.42. The third-order valence-corrected chi connectivity index (χ3v) is 8.06. The summed E-state index contributed by atoms with van der Waals surface area (Å²) in [4.78, 5) is 17.3. The van der Waals surface area contributed by atoms with E-state index in [0.717, 1.165) is 68.6 Å². The van der Waals surface area contributed by atoms with Gasteiger partial charge in [0, 0.05) is 57.4 Å². The van der Waals surface area contributed by atoms with Gasteiger partial charge in [0.05, 0.1) is 5.60 Å². The minimum absolute atomic E-state index is 0.0861. The molecule has 0 aromatic heterocycles. The Morgan fingerprint density at radius 1 is 1.03 bits per heavy atom. The zero-order valence-corrected chi connectivity index (χ0v) is 22.6. The Hall–Kier alpha value is -2.61. The number of hydrogen-bond donors (Lipinski definition) is 2. The molecule has 0 saturated carbocycles. The quantitative estimate of drug-likeness (QED) is 0.445. The number of carbonyl (C=O) groups excluding carboxylic acids is 1. The standard InChI is InChI=1S/C30H43N3O4/c1-23-11-4-6-14-27(23)37-28-15-7-5-13-26(28)30(35,17-8-9-20-36-3)24-12-10-18-32(21-24)29(34)33-19-16-25(22-33)31-2/h4-7,11,13-15,24-25,31,35H,8-10,12,16-22H2,1-3H3/t24?,25?,30-/m0/s1. The molecule has 0 spiro atoms. The van der Waals surface area contributed by atoms with Crippen molar-refractivity contribution in [3.63, 3.8) is 0 Å². The number of hydrogen-bond acceptors (Lipinski definition) is 5. The number of nitrogens with one attached hydrogen (secondary N) is 1. The lowest BCUT2D eigenvalue weighted by Gasteiger charge is -2.44. The van der Waals surface area contributed by atoms with Gasteiger partial charge in [-0.15, -0.1) is 0 Å². The number of aryl methyl sites for hydroxylation is 1. The van der Waals surface area contributed by atoms with Gasteiger partial charge in [-0.3, -0.25) is 0 Å². The number of benzene rings is 2. The number of para-hydroxylation sites is 2. The number of unbranched alkanes of at least 4 members (excludes halogenated alkanes) is 1. The summed E-state index contributed by atoms with van der Waals surface area (Å²) >= 11 is 0. The van der Waals surface area contributed by atoms with E-state index in [0.29, 0.717) is 31.4 Å². The smallest absolute Gasteiger partial charge is 0.320 e. The molecule has 2 N–H and O–H groups in total. The van der Waals surface area contributed by atoms with E-state index in [-0.39, 0.29) is 11.9 Å². The fourth-order valence-electron chi connectivity index (χ4n) is 5.81. The van der Waals surface area contributed by atoms with Crippen molar-refractivity contribution >= 4 is 6.03 Å². The van der Waals surface area contributed by atoms with Gasteiger partial charge in [-0.1, -0.05) is 36.4 Å². The van der Waals surface area contributed by atoms with Crippen LogP contribution in [0.5, 0.6) is 11.5 Å². The molecule has 7 nitrogen and oxygen atoms in total. The van der Waals surface area contributed by atoms with Crippen molar-refractivity contribution in [2.75, 3.05) is 46.9 Å². The lowest BCUT2D eigenvalue weighted by Crippen LogP contribution is -2.51. The van der Waals surface area contributed by atoms with E-state index < -0.39 is 5.60 Å². The fraction of sp³-hybridized carbons (Fsp3) is 0.567. The van der Waals surface area contributed by atoms with Crippen molar-refractivity contribution in [3.8, 4) is 11.5 Å². The van der Waals surface area contributed by atoms with Crippen LogP contribution >= 0.6 is 0 Å². The number of amides is 2. The molecule has 2 aromatic rings. The number of piperidine rings is 1. The third kappa shape index (κ3) is 6.46. The van der Waals surface area contributed by atoms with Crippen LogP contribution < -0.4 is 10.1 Å². The van der Waals surface area contributed by atoms with Crippen molar-refractivity contribution in [1.29, 1.82) is 0 Å². The Labute approximate surface area is 221 Å². The second-order valence-electron chi connectivity index (χ2n) is 10.5. The summed E-state index contributed by atoms with van der Waals surface area (Å²) in [7, 11) is 3.66. The van der Waals surface area contributed by atoms with Crippen molar-refractivity contribution in [2.24, 2.45) is 5.92 Å². The monoisotopic (exact) mass is 509 g/mol. The normalized spacial score (nSPS) is 21.6. The van der Waals surface area contributed by atoms with E-state index in [1.54, 1.807) is 7.11 Å². The minimum Gasteiger partial charge on any atom is -0.457 e. The van der Waals surface area contributed by atoms with Crippen molar-refractivity contribution in [3.05, 3.63) is 59.7 Å². The van der Waals surface area contributed by atoms with Crippen LogP contribution in [0.25, 0.3) is 0 Å². The molecule has 37 heavy (non-hydrogen) atoms. The molecule has 2 aromatic carbocycles. The summed E-state index contributed by atoms with van der Waals surface area (Å²) in [6.45, 7) is 5.48. The second-order valence-corrected chi connectivity index (χ2v) is 10.5. The van der Waals surface area contributed by atoms with Gasteiger partial charge >= 0.3 is 6.03 Å². The van der Waals surface area contributed by atoms with E-state index in [2.05, 4.69) is 5.32 Å². The highest BCUT2D eigenvalue weighted by molar-refractivity contribution is 5.75. The number of aliphatic hydroxyl groups is 1. The number of ether oxygens (including phenoxy) is 2. The Morgan fingerprint density at radius 3 is 2.49 bits per heavy atom. The maximum Gasteiger partial charge on any atom is 0.320 e. The molecule has 7 heteroatoms. The van der Waals surface area contributed by atoms with Gasteiger partial charge in [0.1, 0.15) is 11.5 Å². The molecule has 2 aliphatic heterocycles. The summed E-state index contributed by atoms with van der Waals surface area (Å²) in [5, 5.41) is 15.8. The number of likely N-dealkylation sites (tertiary alicyclic amines) is 2. The van der Waals surface area contributed by atoms with Gasteiger partial charge < -0.3 is 29.7 Å².